The molecule has 0 aliphatic rings. The van der Waals surface area contributed by atoms with E-state index in [0.717, 1.165) is 11.1 Å². The second kappa shape index (κ2) is 9.14. The Morgan fingerprint density at radius 1 is 1.25 bits per heavy atom. The smallest absolute Gasteiger partial charge is 0.320 e. The Kier molecular flexibility index (Phi) is 6.89. The van der Waals surface area contributed by atoms with Crippen LogP contribution in [0.1, 0.15) is 18.1 Å². The van der Waals surface area contributed by atoms with Gasteiger partial charge in [0, 0.05) is 18.1 Å². The van der Waals surface area contributed by atoms with Crippen LogP contribution in [0, 0.1) is 6.92 Å². The van der Waals surface area contributed by atoms with Crippen LogP contribution in [0.4, 0.5) is 5.13 Å². The fraction of sp³-hybridized carbons (Fsp3) is 0.353. The fourth-order valence-corrected chi connectivity index (χ4v) is 2.70. The van der Waals surface area contributed by atoms with E-state index < -0.39 is 0 Å². The topological polar surface area (TPSA) is 71.5 Å². The number of anilines is 1. The minimum absolute atomic E-state index is 0.0625. The number of aromatic nitrogens is 1. The number of hydrogen-bond donors (Lipinski definition) is 1. The van der Waals surface area contributed by atoms with Crippen molar-refractivity contribution in [3.8, 4) is 0 Å². The van der Waals surface area contributed by atoms with Gasteiger partial charge in [0.15, 0.2) is 5.13 Å². The zero-order chi connectivity index (χ0) is 17.4. The van der Waals surface area contributed by atoms with E-state index in [4.69, 9.17) is 4.74 Å². The molecule has 1 aromatic carbocycles. The molecule has 0 bridgehead atoms. The quantitative estimate of drug-likeness (QED) is 0.743. The Balaban J connectivity index is 1.99. The highest BCUT2D eigenvalue weighted by Gasteiger charge is 2.16. The third-order valence-corrected chi connectivity index (χ3v) is 3.92. The van der Waals surface area contributed by atoms with Crippen LogP contribution in [-0.2, 0) is 20.9 Å². The largest absolute Gasteiger partial charge is 0.465 e. The van der Waals surface area contributed by atoms with Gasteiger partial charge in [0.05, 0.1) is 19.7 Å². The highest BCUT2D eigenvalue weighted by Crippen LogP contribution is 2.11. The van der Waals surface area contributed by atoms with Crippen molar-refractivity contribution in [3.63, 3.8) is 0 Å². The Labute approximate surface area is 145 Å². The standard InChI is InChI=1S/C17H21N3O3S/c1-3-23-16(22)12-20(10-14-6-4-13(2)5-7-14)11-15(21)19-17-18-8-9-24-17/h4-9H,3,10-12H2,1-2H3,(H,18,19,21). The number of carbonyl (C=O) groups excluding carboxylic acids is 2. The van der Waals surface area contributed by atoms with Crippen LogP contribution in [0.5, 0.6) is 0 Å². The molecule has 1 amide bonds. The van der Waals surface area contributed by atoms with Crippen molar-refractivity contribution in [2.24, 2.45) is 0 Å². The predicted octanol–water partition coefficient (Wildman–Crippen LogP) is 2.46. The molecule has 0 radical (unpaired) electrons. The lowest BCUT2D eigenvalue weighted by atomic mass is 10.1. The van der Waals surface area contributed by atoms with E-state index in [1.807, 2.05) is 31.2 Å². The van der Waals surface area contributed by atoms with Crippen molar-refractivity contribution < 1.29 is 14.3 Å². The number of carbonyl (C=O) groups is 2. The zero-order valence-corrected chi connectivity index (χ0v) is 14.6. The van der Waals surface area contributed by atoms with Crippen LogP contribution >= 0.6 is 11.3 Å². The molecule has 2 aromatic rings. The molecule has 7 heteroatoms. The van der Waals surface area contributed by atoms with Crippen LogP contribution < -0.4 is 5.32 Å². The van der Waals surface area contributed by atoms with E-state index >= 15 is 0 Å². The number of thiazole rings is 1. The molecular formula is C17H21N3O3S. The number of aryl methyl sites for hydroxylation is 1. The van der Waals surface area contributed by atoms with Gasteiger partial charge in [-0.25, -0.2) is 4.98 Å². The normalized spacial score (nSPS) is 10.6. The number of esters is 1. The van der Waals surface area contributed by atoms with Gasteiger partial charge in [0.1, 0.15) is 0 Å². The summed E-state index contributed by atoms with van der Waals surface area (Å²) in [4.78, 5) is 29.7. The van der Waals surface area contributed by atoms with Crippen molar-refractivity contribution in [1.29, 1.82) is 0 Å². The van der Waals surface area contributed by atoms with E-state index in [0.29, 0.717) is 18.3 Å². The minimum Gasteiger partial charge on any atom is -0.465 e. The van der Waals surface area contributed by atoms with Gasteiger partial charge < -0.3 is 10.1 Å². The number of nitrogens with one attached hydrogen (secondary N) is 1. The van der Waals surface area contributed by atoms with Gasteiger partial charge in [-0.2, -0.15) is 0 Å². The first-order valence-corrected chi connectivity index (χ1v) is 8.57. The molecule has 128 valence electrons. The van der Waals surface area contributed by atoms with E-state index in [-0.39, 0.29) is 25.0 Å². The molecule has 0 aliphatic carbocycles. The lowest BCUT2D eigenvalue weighted by Gasteiger charge is -2.20. The molecule has 0 aliphatic heterocycles. The Morgan fingerprint density at radius 3 is 2.62 bits per heavy atom. The third kappa shape index (κ3) is 6.10. The maximum Gasteiger partial charge on any atom is 0.320 e. The lowest BCUT2D eigenvalue weighted by molar-refractivity contribution is -0.144. The molecule has 1 heterocycles. The van der Waals surface area contributed by atoms with Crippen LogP contribution in [0.25, 0.3) is 0 Å². The molecule has 2 rings (SSSR count). The summed E-state index contributed by atoms with van der Waals surface area (Å²) in [6.45, 7) is 4.74. The summed E-state index contributed by atoms with van der Waals surface area (Å²) >= 11 is 1.35. The maximum atomic E-state index is 12.2. The minimum atomic E-state index is -0.341. The van der Waals surface area contributed by atoms with Crippen molar-refractivity contribution in [3.05, 3.63) is 47.0 Å². The van der Waals surface area contributed by atoms with Gasteiger partial charge in [-0.05, 0) is 19.4 Å². The molecule has 6 nitrogen and oxygen atoms in total. The van der Waals surface area contributed by atoms with Crippen LogP contribution in [0.3, 0.4) is 0 Å². The van der Waals surface area contributed by atoms with Crippen LogP contribution in [-0.4, -0.2) is 41.5 Å². The van der Waals surface area contributed by atoms with Crippen molar-refractivity contribution in [1.82, 2.24) is 9.88 Å². The van der Waals surface area contributed by atoms with E-state index in [1.165, 1.54) is 11.3 Å². The Morgan fingerprint density at radius 2 is 2.00 bits per heavy atom. The lowest BCUT2D eigenvalue weighted by Crippen LogP contribution is -2.37. The summed E-state index contributed by atoms with van der Waals surface area (Å²) in [5.74, 6) is -0.548. The summed E-state index contributed by atoms with van der Waals surface area (Å²) in [7, 11) is 0. The van der Waals surface area contributed by atoms with Gasteiger partial charge in [0.25, 0.3) is 0 Å². The molecule has 1 N–H and O–H groups in total. The van der Waals surface area contributed by atoms with Crippen LogP contribution in [0.15, 0.2) is 35.8 Å². The Bertz CT molecular complexity index is 656. The average Bonchev–Trinajstić information content (AvgIpc) is 3.02. The van der Waals surface area contributed by atoms with E-state index in [2.05, 4.69) is 10.3 Å². The SMILES string of the molecule is CCOC(=O)CN(CC(=O)Nc1nccs1)Cc1ccc(C)cc1. The fourth-order valence-electron chi connectivity index (χ4n) is 2.16. The zero-order valence-electron chi connectivity index (χ0n) is 13.8. The number of nitrogens with zero attached hydrogens (tertiary/aromatic N) is 2. The summed E-state index contributed by atoms with van der Waals surface area (Å²) in [6.07, 6.45) is 1.63. The highest BCUT2D eigenvalue weighted by molar-refractivity contribution is 7.13. The predicted molar refractivity (Wildman–Crippen MR) is 93.8 cm³/mol. The monoisotopic (exact) mass is 347 g/mol. The molecule has 0 unspecified atom stereocenters. The van der Waals surface area contributed by atoms with Gasteiger partial charge in [0.2, 0.25) is 5.91 Å². The number of hydrogen-bond acceptors (Lipinski definition) is 6. The first-order valence-electron chi connectivity index (χ1n) is 7.69. The summed E-state index contributed by atoms with van der Waals surface area (Å²) in [5, 5.41) is 5.06. The van der Waals surface area contributed by atoms with Crippen molar-refractivity contribution in [2.75, 3.05) is 25.0 Å². The van der Waals surface area contributed by atoms with Crippen molar-refractivity contribution in [2.45, 2.75) is 20.4 Å². The average molecular weight is 347 g/mol. The van der Waals surface area contributed by atoms with Gasteiger partial charge in [-0.1, -0.05) is 29.8 Å². The number of ether oxygens (including phenoxy) is 1. The van der Waals surface area contributed by atoms with E-state index in [1.54, 1.807) is 23.4 Å². The first kappa shape index (κ1) is 18.1. The highest BCUT2D eigenvalue weighted by atomic mass is 32.1. The van der Waals surface area contributed by atoms with Gasteiger partial charge >= 0.3 is 5.97 Å². The molecule has 1 aromatic heterocycles. The number of rotatable bonds is 8. The maximum absolute atomic E-state index is 12.2. The van der Waals surface area contributed by atoms with E-state index in [9.17, 15) is 9.59 Å². The molecule has 0 saturated heterocycles. The molecule has 24 heavy (non-hydrogen) atoms. The summed E-state index contributed by atoms with van der Waals surface area (Å²) in [5.41, 5.74) is 2.20. The van der Waals surface area contributed by atoms with Gasteiger partial charge in [-0.3, -0.25) is 14.5 Å². The Hall–Kier alpha value is -2.25. The first-order chi connectivity index (χ1) is 11.6. The van der Waals surface area contributed by atoms with Gasteiger partial charge in [-0.15, -0.1) is 11.3 Å². The molecule has 0 atom stereocenters. The third-order valence-electron chi connectivity index (χ3n) is 3.23. The molecular weight excluding hydrogens is 326 g/mol. The number of benzene rings is 1. The summed E-state index contributed by atoms with van der Waals surface area (Å²) in [6, 6.07) is 8.00. The van der Waals surface area contributed by atoms with Crippen molar-refractivity contribution >= 4 is 28.3 Å². The van der Waals surface area contributed by atoms with Crippen LogP contribution in [0.2, 0.25) is 0 Å². The number of amides is 1. The second-order valence-electron chi connectivity index (χ2n) is 5.32. The summed E-state index contributed by atoms with van der Waals surface area (Å²) < 4.78 is 4.99. The second-order valence-corrected chi connectivity index (χ2v) is 6.22. The molecule has 0 spiro atoms. The molecule has 0 saturated carbocycles. The molecule has 0 fully saturated rings.